The van der Waals surface area contributed by atoms with Crippen molar-refractivity contribution < 1.29 is 4.79 Å². The number of aromatic nitrogens is 4. The van der Waals surface area contributed by atoms with E-state index in [-0.39, 0.29) is 11.9 Å². The highest BCUT2D eigenvalue weighted by atomic mass is 16.2. The molecule has 138 valence electrons. The number of tetrazole rings is 1. The lowest BCUT2D eigenvalue weighted by Gasteiger charge is -2.37. The standard InChI is InChI=1S/C20H22N6O/c1-15-19(27)24(2)12-13-25(15)20-21-22-23-26(20)14-16-8-10-18(11-9-16)17-6-4-3-5-7-17/h3-11,15H,12-14H2,1-2H3. The summed E-state index contributed by atoms with van der Waals surface area (Å²) in [5.41, 5.74) is 3.47. The van der Waals surface area contributed by atoms with Crippen molar-refractivity contribution in [1.29, 1.82) is 0 Å². The van der Waals surface area contributed by atoms with Gasteiger partial charge in [0.15, 0.2) is 0 Å². The van der Waals surface area contributed by atoms with Gasteiger partial charge in [0.2, 0.25) is 11.9 Å². The van der Waals surface area contributed by atoms with Crippen LogP contribution in [0.15, 0.2) is 54.6 Å². The molecule has 0 radical (unpaired) electrons. The molecule has 1 aliphatic rings. The molecule has 0 N–H and O–H groups in total. The molecule has 7 heteroatoms. The lowest BCUT2D eigenvalue weighted by molar-refractivity contribution is -0.132. The maximum atomic E-state index is 12.3. The number of benzene rings is 2. The highest BCUT2D eigenvalue weighted by Gasteiger charge is 2.32. The highest BCUT2D eigenvalue weighted by molar-refractivity contribution is 5.85. The molecule has 1 aromatic heterocycles. The molecule has 0 saturated carbocycles. The molecule has 0 bridgehead atoms. The predicted molar refractivity (Wildman–Crippen MR) is 103 cm³/mol. The molecule has 0 spiro atoms. The van der Waals surface area contributed by atoms with Gasteiger partial charge in [0, 0.05) is 20.1 Å². The van der Waals surface area contributed by atoms with Crippen molar-refractivity contribution in [2.24, 2.45) is 0 Å². The molecular formula is C20H22N6O. The Kier molecular flexibility index (Phi) is 4.58. The highest BCUT2D eigenvalue weighted by Crippen LogP contribution is 2.21. The second kappa shape index (κ2) is 7.19. The van der Waals surface area contributed by atoms with Crippen molar-refractivity contribution in [2.45, 2.75) is 19.5 Å². The summed E-state index contributed by atoms with van der Waals surface area (Å²) in [4.78, 5) is 16.0. The Morgan fingerprint density at radius 2 is 1.70 bits per heavy atom. The Morgan fingerprint density at radius 3 is 2.44 bits per heavy atom. The van der Waals surface area contributed by atoms with E-state index in [0.717, 1.165) is 12.1 Å². The first-order valence-corrected chi connectivity index (χ1v) is 9.05. The molecule has 3 aromatic rings. The summed E-state index contributed by atoms with van der Waals surface area (Å²) in [5.74, 6) is 0.721. The Labute approximate surface area is 158 Å². The predicted octanol–water partition coefficient (Wildman–Crippen LogP) is 2.06. The number of carbonyl (C=O) groups excluding carboxylic acids is 1. The zero-order valence-corrected chi connectivity index (χ0v) is 15.5. The van der Waals surface area contributed by atoms with Crippen molar-refractivity contribution >= 4 is 11.9 Å². The van der Waals surface area contributed by atoms with E-state index in [9.17, 15) is 4.79 Å². The number of hydrogen-bond acceptors (Lipinski definition) is 5. The first-order chi connectivity index (χ1) is 13.1. The Hall–Kier alpha value is -3.22. The van der Waals surface area contributed by atoms with Crippen LogP contribution < -0.4 is 4.90 Å². The fraction of sp³-hybridized carbons (Fsp3) is 0.300. The largest absolute Gasteiger partial charge is 0.342 e. The van der Waals surface area contributed by atoms with Crippen LogP contribution in [-0.4, -0.2) is 57.2 Å². The van der Waals surface area contributed by atoms with Crippen LogP contribution in [0.4, 0.5) is 5.95 Å². The third-order valence-corrected chi connectivity index (χ3v) is 5.04. The van der Waals surface area contributed by atoms with E-state index in [1.54, 1.807) is 9.58 Å². The summed E-state index contributed by atoms with van der Waals surface area (Å²) in [5, 5.41) is 12.1. The topological polar surface area (TPSA) is 67.2 Å². The van der Waals surface area contributed by atoms with Crippen molar-refractivity contribution in [3.05, 3.63) is 60.2 Å². The lowest BCUT2D eigenvalue weighted by atomic mass is 10.0. The van der Waals surface area contributed by atoms with Gasteiger partial charge in [-0.25, -0.2) is 4.68 Å². The summed E-state index contributed by atoms with van der Waals surface area (Å²) in [6.07, 6.45) is 0. The molecule has 7 nitrogen and oxygen atoms in total. The lowest BCUT2D eigenvalue weighted by Crippen LogP contribution is -2.55. The fourth-order valence-corrected chi connectivity index (χ4v) is 3.40. The van der Waals surface area contributed by atoms with Crippen molar-refractivity contribution in [1.82, 2.24) is 25.1 Å². The van der Waals surface area contributed by atoms with Gasteiger partial charge in [0.25, 0.3) is 0 Å². The SMILES string of the molecule is CC1C(=O)N(C)CCN1c1nnnn1Cc1ccc(-c2ccccc2)cc1. The van der Waals surface area contributed by atoms with E-state index in [1.165, 1.54) is 11.1 Å². The van der Waals surface area contributed by atoms with Gasteiger partial charge in [0.1, 0.15) is 6.04 Å². The third-order valence-electron chi connectivity index (χ3n) is 5.04. The smallest absolute Gasteiger partial charge is 0.246 e. The number of hydrogen-bond donors (Lipinski definition) is 0. The van der Waals surface area contributed by atoms with Crippen molar-refractivity contribution in [2.75, 3.05) is 25.0 Å². The molecule has 4 rings (SSSR count). The number of anilines is 1. The second-order valence-electron chi connectivity index (χ2n) is 6.83. The van der Waals surface area contributed by atoms with Gasteiger partial charge in [-0.3, -0.25) is 4.79 Å². The van der Waals surface area contributed by atoms with E-state index in [0.29, 0.717) is 19.0 Å². The molecule has 2 aromatic carbocycles. The third kappa shape index (κ3) is 3.40. The van der Waals surface area contributed by atoms with E-state index in [4.69, 9.17) is 0 Å². The van der Waals surface area contributed by atoms with Crippen LogP contribution in [0.5, 0.6) is 0 Å². The summed E-state index contributed by atoms with van der Waals surface area (Å²) >= 11 is 0. The van der Waals surface area contributed by atoms with Crippen molar-refractivity contribution in [3.8, 4) is 11.1 Å². The van der Waals surface area contributed by atoms with Gasteiger partial charge in [-0.1, -0.05) is 59.7 Å². The Bertz CT molecular complexity index is 921. The van der Waals surface area contributed by atoms with E-state index in [1.807, 2.05) is 37.1 Å². The quantitative estimate of drug-likeness (QED) is 0.711. The van der Waals surface area contributed by atoms with Crippen molar-refractivity contribution in [3.63, 3.8) is 0 Å². The molecular weight excluding hydrogens is 340 g/mol. The number of amides is 1. The van der Waals surface area contributed by atoms with Gasteiger partial charge >= 0.3 is 0 Å². The molecule has 1 aliphatic heterocycles. The van der Waals surface area contributed by atoms with Crippen LogP contribution in [0.2, 0.25) is 0 Å². The maximum Gasteiger partial charge on any atom is 0.246 e. The summed E-state index contributed by atoms with van der Waals surface area (Å²) in [6, 6.07) is 18.4. The van der Waals surface area contributed by atoms with Crippen LogP contribution in [0, 0.1) is 0 Å². The number of nitrogens with zero attached hydrogens (tertiary/aromatic N) is 6. The number of carbonyl (C=O) groups is 1. The maximum absolute atomic E-state index is 12.3. The first-order valence-electron chi connectivity index (χ1n) is 9.05. The van der Waals surface area contributed by atoms with Crippen LogP contribution in [0.1, 0.15) is 12.5 Å². The normalized spacial score (nSPS) is 17.4. The first kappa shape index (κ1) is 17.2. The monoisotopic (exact) mass is 362 g/mol. The zero-order chi connectivity index (χ0) is 18.8. The second-order valence-corrected chi connectivity index (χ2v) is 6.83. The molecule has 2 heterocycles. The van der Waals surface area contributed by atoms with Crippen LogP contribution in [-0.2, 0) is 11.3 Å². The number of likely N-dealkylation sites (N-methyl/N-ethyl adjacent to an activating group) is 1. The summed E-state index contributed by atoms with van der Waals surface area (Å²) < 4.78 is 1.76. The molecule has 0 aliphatic carbocycles. The van der Waals surface area contributed by atoms with Gasteiger partial charge in [0.05, 0.1) is 6.54 Å². The van der Waals surface area contributed by atoms with Crippen LogP contribution in [0.25, 0.3) is 11.1 Å². The zero-order valence-electron chi connectivity index (χ0n) is 15.5. The summed E-state index contributed by atoms with van der Waals surface area (Å²) in [7, 11) is 1.83. The Balaban J connectivity index is 1.53. The average Bonchev–Trinajstić information content (AvgIpc) is 3.15. The number of rotatable bonds is 4. The molecule has 27 heavy (non-hydrogen) atoms. The van der Waals surface area contributed by atoms with Crippen LogP contribution >= 0.6 is 0 Å². The molecule has 1 amide bonds. The van der Waals surface area contributed by atoms with E-state index < -0.39 is 0 Å². The minimum atomic E-state index is -0.269. The van der Waals surface area contributed by atoms with Gasteiger partial charge in [-0.15, -0.1) is 0 Å². The summed E-state index contributed by atoms with van der Waals surface area (Å²) in [6.45, 7) is 3.84. The van der Waals surface area contributed by atoms with Gasteiger partial charge in [-0.2, -0.15) is 0 Å². The minimum Gasteiger partial charge on any atom is -0.342 e. The average molecular weight is 362 g/mol. The van der Waals surface area contributed by atoms with Crippen LogP contribution in [0.3, 0.4) is 0 Å². The molecule has 1 atom stereocenters. The molecule has 1 saturated heterocycles. The molecule has 1 unspecified atom stereocenters. The van der Waals surface area contributed by atoms with Gasteiger partial charge < -0.3 is 9.80 Å². The molecule has 1 fully saturated rings. The number of piperazine rings is 1. The Morgan fingerprint density at radius 1 is 1.00 bits per heavy atom. The van der Waals surface area contributed by atoms with E-state index in [2.05, 4.69) is 51.9 Å². The minimum absolute atomic E-state index is 0.0861. The van der Waals surface area contributed by atoms with E-state index >= 15 is 0 Å². The fourth-order valence-electron chi connectivity index (χ4n) is 3.40. The van der Waals surface area contributed by atoms with Gasteiger partial charge in [-0.05, 0) is 34.0 Å².